The molecule has 0 aromatic heterocycles. The van der Waals surface area contributed by atoms with E-state index in [0.29, 0.717) is 23.9 Å². The van der Waals surface area contributed by atoms with Gasteiger partial charge in [-0.2, -0.15) is 0 Å². The molecule has 1 aromatic rings. The van der Waals surface area contributed by atoms with E-state index in [1.807, 2.05) is 19.1 Å². The molecule has 1 unspecified atom stereocenters. The summed E-state index contributed by atoms with van der Waals surface area (Å²) in [7, 11) is 1.58. The van der Waals surface area contributed by atoms with Crippen molar-refractivity contribution in [1.29, 1.82) is 0 Å². The van der Waals surface area contributed by atoms with Crippen molar-refractivity contribution in [3.05, 3.63) is 17.7 Å². The Balaban J connectivity index is 2.25. The van der Waals surface area contributed by atoms with Gasteiger partial charge in [-0.05, 0) is 31.2 Å². The SMILES string of the molecule is CCNC(CC(=O)OCC)c1cc(OC)c2c(c1)OCO2. The minimum Gasteiger partial charge on any atom is -0.493 e. The molecule has 0 saturated heterocycles. The molecule has 0 amide bonds. The first-order chi connectivity index (χ1) is 10.2. The lowest BCUT2D eigenvalue weighted by atomic mass is 10.0. The van der Waals surface area contributed by atoms with Gasteiger partial charge in [-0.15, -0.1) is 0 Å². The molecule has 1 aliphatic heterocycles. The molecule has 6 heteroatoms. The summed E-state index contributed by atoms with van der Waals surface area (Å²) in [5.41, 5.74) is 0.908. The first kappa shape index (κ1) is 15.4. The Bertz CT molecular complexity index is 503. The topological polar surface area (TPSA) is 66.0 Å². The Labute approximate surface area is 124 Å². The van der Waals surface area contributed by atoms with E-state index in [1.165, 1.54) is 0 Å². The maximum atomic E-state index is 11.7. The van der Waals surface area contributed by atoms with E-state index in [-0.39, 0.29) is 25.2 Å². The Kier molecular flexibility index (Phi) is 5.27. The number of benzene rings is 1. The predicted molar refractivity (Wildman–Crippen MR) is 76.8 cm³/mol. The minimum absolute atomic E-state index is 0.155. The standard InChI is InChI=1S/C15H21NO5/c1-4-16-11(8-14(17)19-5-2)10-6-12(18-3)15-13(7-10)20-9-21-15/h6-7,11,16H,4-5,8-9H2,1-3H3. The fraction of sp³-hybridized carbons (Fsp3) is 0.533. The van der Waals surface area contributed by atoms with E-state index in [2.05, 4.69) is 5.32 Å². The number of carbonyl (C=O) groups is 1. The second-order valence-corrected chi connectivity index (χ2v) is 4.58. The zero-order chi connectivity index (χ0) is 15.2. The lowest BCUT2D eigenvalue weighted by molar-refractivity contribution is -0.143. The van der Waals surface area contributed by atoms with E-state index >= 15 is 0 Å². The number of methoxy groups -OCH3 is 1. The van der Waals surface area contributed by atoms with Crippen LogP contribution >= 0.6 is 0 Å². The van der Waals surface area contributed by atoms with Crippen LogP contribution in [0.4, 0.5) is 0 Å². The summed E-state index contributed by atoms with van der Waals surface area (Å²) in [6.07, 6.45) is 0.254. The summed E-state index contributed by atoms with van der Waals surface area (Å²) >= 11 is 0. The monoisotopic (exact) mass is 295 g/mol. The van der Waals surface area contributed by atoms with Crippen molar-refractivity contribution >= 4 is 5.97 Å². The van der Waals surface area contributed by atoms with Crippen LogP contribution in [-0.2, 0) is 9.53 Å². The van der Waals surface area contributed by atoms with Crippen LogP contribution in [0.2, 0.25) is 0 Å². The molecule has 2 rings (SSSR count). The van der Waals surface area contributed by atoms with Crippen LogP contribution in [0.5, 0.6) is 17.2 Å². The van der Waals surface area contributed by atoms with Crippen molar-refractivity contribution in [2.24, 2.45) is 0 Å². The molecule has 1 N–H and O–H groups in total. The predicted octanol–water partition coefficient (Wildman–Crippen LogP) is 2.03. The highest BCUT2D eigenvalue weighted by atomic mass is 16.7. The average molecular weight is 295 g/mol. The van der Waals surface area contributed by atoms with E-state index < -0.39 is 0 Å². The maximum Gasteiger partial charge on any atom is 0.307 e. The number of hydrogen-bond donors (Lipinski definition) is 1. The summed E-state index contributed by atoms with van der Waals surface area (Å²) in [5.74, 6) is 1.61. The van der Waals surface area contributed by atoms with E-state index in [0.717, 1.165) is 12.1 Å². The molecule has 1 aliphatic rings. The van der Waals surface area contributed by atoms with Gasteiger partial charge in [0.2, 0.25) is 12.5 Å². The molecule has 0 aliphatic carbocycles. The first-order valence-electron chi connectivity index (χ1n) is 7.06. The van der Waals surface area contributed by atoms with Crippen LogP contribution in [0.25, 0.3) is 0 Å². The van der Waals surface area contributed by atoms with Gasteiger partial charge in [-0.3, -0.25) is 4.79 Å². The molecule has 0 fully saturated rings. The quantitative estimate of drug-likeness (QED) is 0.776. The van der Waals surface area contributed by atoms with Crippen molar-refractivity contribution in [2.75, 3.05) is 27.1 Å². The van der Waals surface area contributed by atoms with Crippen LogP contribution in [0, 0.1) is 0 Å². The van der Waals surface area contributed by atoms with E-state index in [1.54, 1.807) is 14.0 Å². The van der Waals surface area contributed by atoms with Gasteiger partial charge in [0.1, 0.15) is 0 Å². The Hall–Kier alpha value is -1.95. The number of hydrogen-bond acceptors (Lipinski definition) is 6. The smallest absolute Gasteiger partial charge is 0.307 e. The third kappa shape index (κ3) is 3.58. The number of fused-ring (bicyclic) bond motifs is 1. The Morgan fingerprint density at radius 2 is 2.19 bits per heavy atom. The molecule has 0 bridgehead atoms. The Morgan fingerprint density at radius 1 is 1.38 bits per heavy atom. The summed E-state index contributed by atoms with van der Waals surface area (Å²) in [5, 5.41) is 3.28. The van der Waals surface area contributed by atoms with Gasteiger partial charge in [-0.25, -0.2) is 0 Å². The summed E-state index contributed by atoms with van der Waals surface area (Å²) in [4.78, 5) is 11.7. The molecule has 0 saturated carbocycles. The van der Waals surface area contributed by atoms with Crippen LogP contribution in [0.1, 0.15) is 31.9 Å². The van der Waals surface area contributed by atoms with Crippen LogP contribution in [0.15, 0.2) is 12.1 Å². The van der Waals surface area contributed by atoms with Gasteiger partial charge in [0, 0.05) is 6.04 Å². The third-order valence-corrected chi connectivity index (χ3v) is 3.21. The molecule has 0 spiro atoms. The molecule has 6 nitrogen and oxygen atoms in total. The van der Waals surface area contributed by atoms with Gasteiger partial charge in [0.25, 0.3) is 0 Å². The molecular weight excluding hydrogens is 274 g/mol. The molecule has 1 heterocycles. The number of carbonyl (C=O) groups excluding carboxylic acids is 1. The van der Waals surface area contributed by atoms with Crippen LogP contribution < -0.4 is 19.5 Å². The highest BCUT2D eigenvalue weighted by molar-refractivity contribution is 5.70. The van der Waals surface area contributed by atoms with Crippen molar-refractivity contribution < 1.29 is 23.7 Å². The van der Waals surface area contributed by atoms with Gasteiger partial charge < -0.3 is 24.3 Å². The summed E-state index contributed by atoms with van der Waals surface area (Å²) < 4.78 is 21.1. The zero-order valence-electron chi connectivity index (χ0n) is 12.6. The van der Waals surface area contributed by atoms with Crippen molar-refractivity contribution in [2.45, 2.75) is 26.3 Å². The molecular formula is C15H21NO5. The number of nitrogens with one attached hydrogen (secondary N) is 1. The largest absolute Gasteiger partial charge is 0.493 e. The van der Waals surface area contributed by atoms with Crippen molar-refractivity contribution in [1.82, 2.24) is 5.32 Å². The second-order valence-electron chi connectivity index (χ2n) is 4.58. The highest BCUT2D eigenvalue weighted by Crippen LogP contribution is 2.43. The summed E-state index contributed by atoms with van der Waals surface area (Å²) in [6, 6.07) is 3.58. The second kappa shape index (κ2) is 7.17. The van der Waals surface area contributed by atoms with Crippen molar-refractivity contribution in [3.63, 3.8) is 0 Å². The van der Waals surface area contributed by atoms with Crippen LogP contribution in [0.3, 0.4) is 0 Å². The van der Waals surface area contributed by atoms with Gasteiger partial charge >= 0.3 is 5.97 Å². The molecule has 1 aromatic carbocycles. The van der Waals surface area contributed by atoms with E-state index in [9.17, 15) is 4.79 Å². The van der Waals surface area contributed by atoms with Crippen molar-refractivity contribution in [3.8, 4) is 17.2 Å². The lowest BCUT2D eigenvalue weighted by Crippen LogP contribution is -2.24. The molecule has 21 heavy (non-hydrogen) atoms. The summed E-state index contributed by atoms with van der Waals surface area (Å²) in [6.45, 7) is 5.08. The number of esters is 1. The minimum atomic E-state index is -0.236. The lowest BCUT2D eigenvalue weighted by Gasteiger charge is -2.19. The molecule has 116 valence electrons. The average Bonchev–Trinajstić information content (AvgIpc) is 2.94. The van der Waals surface area contributed by atoms with Gasteiger partial charge in [0.15, 0.2) is 11.5 Å². The Morgan fingerprint density at radius 3 is 2.86 bits per heavy atom. The maximum absolute atomic E-state index is 11.7. The number of ether oxygens (including phenoxy) is 4. The van der Waals surface area contributed by atoms with E-state index in [4.69, 9.17) is 18.9 Å². The molecule has 1 atom stereocenters. The normalized spacial score (nSPS) is 13.9. The third-order valence-electron chi connectivity index (χ3n) is 3.21. The fourth-order valence-electron chi connectivity index (χ4n) is 2.29. The first-order valence-corrected chi connectivity index (χ1v) is 7.06. The van der Waals surface area contributed by atoms with Crippen LogP contribution in [-0.4, -0.2) is 33.0 Å². The van der Waals surface area contributed by atoms with Gasteiger partial charge in [0.05, 0.1) is 20.1 Å². The highest BCUT2D eigenvalue weighted by Gasteiger charge is 2.24. The molecule has 0 radical (unpaired) electrons. The number of rotatable bonds is 7. The fourth-order valence-corrected chi connectivity index (χ4v) is 2.29. The van der Waals surface area contributed by atoms with Gasteiger partial charge in [-0.1, -0.05) is 6.92 Å². The zero-order valence-corrected chi connectivity index (χ0v) is 12.6.